The summed E-state index contributed by atoms with van der Waals surface area (Å²) in [7, 11) is 0. The highest BCUT2D eigenvalue weighted by Gasteiger charge is 2.35. The lowest BCUT2D eigenvalue weighted by molar-refractivity contribution is -0.158. The van der Waals surface area contributed by atoms with Crippen LogP contribution in [-0.2, 0) is 9.53 Å². The summed E-state index contributed by atoms with van der Waals surface area (Å²) in [5.41, 5.74) is 0. The van der Waals surface area contributed by atoms with Crippen LogP contribution < -0.4 is 0 Å². The van der Waals surface area contributed by atoms with Gasteiger partial charge >= 0.3 is 5.97 Å². The summed E-state index contributed by atoms with van der Waals surface area (Å²) in [6.45, 7) is 4.69. The van der Waals surface area contributed by atoms with Gasteiger partial charge in [-0.15, -0.1) is 0 Å². The van der Waals surface area contributed by atoms with Gasteiger partial charge in [-0.2, -0.15) is 0 Å². The van der Waals surface area contributed by atoms with Crippen LogP contribution in [0.25, 0.3) is 0 Å². The molecule has 2 heteroatoms. The number of carbonyl (C=O) groups is 1. The number of esters is 1. The second kappa shape index (κ2) is 12.3. The van der Waals surface area contributed by atoms with Gasteiger partial charge in [-0.25, -0.2) is 0 Å². The molecule has 0 heterocycles. The minimum absolute atomic E-state index is 0.154. The maximum absolute atomic E-state index is 12.9. The average Bonchev–Trinajstić information content (AvgIpc) is 2.85. The number of hydrogen-bond acceptors (Lipinski definition) is 2. The van der Waals surface area contributed by atoms with Crippen molar-refractivity contribution in [2.24, 2.45) is 41.4 Å². The third-order valence-electron chi connectivity index (χ3n) is 10.5. The molecule has 0 aromatic carbocycles. The Labute approximate surface area is 199 Å². The van der Waals surface area contributed by atoms with Crippen molar-refractivity contribution in [3.63, 3.8) is 0 Å². The van der Waals surface area contributed by atoms with Crippen LogP contribution in [0.15, 0.2) is 0 Å². The monoisotopic (exact) mass is 444 g/mol. The van der Waals surface area contributed by atoms with E-state index in [0.717, 1.165) is 61.2 Å². The van der Waals surface area contributed by atoms with E-state index in [1.54, 1.807) is 0 Å². The van der Waals surface area contributed by atoms with E-state index in [4.69, 9.17) is 4.74 Å². The van der Waals surface area contributed by atoms with Crippen LogP contribution in [0.2, 0.25) is 0 Å². The Hall–Kier alpha value is -0.530. The maximum atomic E-state index is 12.9. The van der Waals surface area contributed by atoms with E-state index in [1.807, 2.05) is 0 Å². The molecule has 0 unspecified atom stereocenters. The number of ether oxygens (including phenoxy) is 1. The van der Waals surface area contributed by atoms with Gasteiger partial charge in [0.05, 0.1) is 5.92 Å². The fourth-order valence-electron chi connectivity index (χ4n) is 8.19. The van der Waals surface area contributed by atoms with Crippen LogP contribution in [0.5, 0.6) is 0 Å². The van der Waals surface area contributed by atoms with Crippen molar-refractivity contribution >= 4 is 5.97 Å². The summed E-state index contributed by atoms with van der Waals surface area (Å²) in [6.07, 6.45) is 25.6. The van der Waals surface area contributed by atoms with Crippen LogP contribution >= 0.6 is 0 Å². The Bertz CT molecular complexity index is 539. The minimum Gasteiger partial charge on any atom is -0.462 e. The summed E-state index contributed by atoms with van der Waals surface area (Å²) >= 11 is 0. The van der Waals surface area contributed by atoms with E-state index in [9.17, 15) is 4.79 Å². The molecule has 0 bridgehead atoms. The molecule has 0 saturated heterocycles. The van der Waals surface area contributed by atoms with E-state index in [2.05, 4.69) is 13.8 Å². The van der Waals surface area contributed by atoms with Gasteiger partial charge < -0.3 is 4.74 Å². The first kappa shape index (κ1) is 24.6. The average molecular weight is 445 g/mol. The molecule has 4 aliphatic rings. The van der Waals surface area contributed by atoms with Crippen molar-refractivity contribution in [1.82, 2.24) is 0 Å². The molecule has 0 spiro atoms. The molecule has 4 aliphatic carbocycles. The van der Waals surface area contributed by atoms with Gasteiger partial charge in [0, 0.05) is 0 Å². The number of hydrogen-bond donors (Lipinski definition) is 0. The van der Waals surface area contributed by atoms with Crippen LogP contribution in [0.3, 0.4) is 0 Å². The minimum atomic E-state index is 0.154. The zero-order chi connectivity index (χ0) is 22.3. The van der Waals surface area contributed by atoms with Gasteiger partial charge in [0.2, 0.25) is 0 Å². The standard InChI is InChI=1S/C30H52O2/c1-3-5-23-8-12-25(13-9-23)27-18-20-29(21-19-27)32-30(31)28-16-14-26(15-17-28)24-10-6-22(4-2)7-11-24/h22-29H,3-21H2,1-2H3. The van der Waals surface area contributed by atoms with Crippen molar-refractivity contribution in [2.75, 3.05) is 0 Å². The van der Waals surface area contributed by atoms with Gasteiger partial charge in [0.15, 0.2) is 0 Å². The normalized spacial score (nSPS) is 41.2. The molecule has 4 rings (SSSR count). The Morgan fingerprint density at radius 3 is 1.50 bits per heavy atom. The van der Waals surface area contributed by atoms with Crippen molar-refractivity contribution in [3.8, 4) is 0 Å². The molecular weight excluding hydrogens is 392 g/mol. The third-order valence-corrected chi connectivity index (χ3v) is 10.5. The predicted octanol–water partition coefficient (Wildman–Crippen LogP) is 8.72. The molecule has 184 valence electrons. The summed E-state index contributed by atoms with van der Waals surface area (Å²) in [6, 6.07) is 0. The second-order valence-corrected chi connectivity index (χ2v) is 12.3. The molecule has 4 fully saturated rings. The summed E-state index contributed by atoms with van der Waals surface area (Å²) in [4.78, 5) is 12.9. The van der Waals surface area contributed by atoms with Gasteiger partial charge in [-0.1, -0.05) is 58.8 Å². The molecule has 0 aliphatic heterocycles. The van der Waals surface area contributed by atoms with Crippen molar-refractivity contribution in [2.45, 2.75) is 142 Å². The first-order valence-electron chi connectivity index (χ1n) is 14.9. The topological polar surface area (TPSA) is 26.3 Å². The highest BCUT2D eigenvalue weighted by atomic mass is 16.5. The van der Waals surface area contributed by atoms with Crippen LogP contribution in [-0.4, -0.2) is 12.1 Å². The lowest BCUT2D eigenvalue weighted by atomic mass is 9.69. The largest absolute Gasteiger partial charge is 0.462 e. The lowest BCUT2D eigenvalue weighted by Crippen LogP contribution is -2.33. The zero-order valence-corrected chi connectivity index (χ0v) is 21.4. The van der Waals surface area contributed by atoms with Gasteiger partial charge in [0.25, 0.3) is 0 Å². The fraction of sp³-hybridized carbons (Fsp3) is 0.967. The van der Waals surface area contributed by atoms with Crippen LogP contribution in [0.1, 0.15) is 136 Å². The molecule has 0 atom stereocenters. The predicted molar refractivity (Wildman–Crippen MR) is 133 cm³/mol. The van der Waals surface area contributed by atoms with E-state index >= 15 is 0 Å². The lowest BCUT2D eigenvalue weighted by Gasteiger charge is -2.39. The van der Waals surface area contributed by atoms with E-state index in [0.29, 0.717) is 0 Å². The summed E-state index contributed by atoms with van der Waals surface area (Å²) in [5.74, 6) is 6.06. The second-order valence-electron chi connectivity index (χ2n) is 12.3. The molecule has 0 amide bonds. The molecule has 4 saturated carbocycles. The Balaban J connectivity index is 1.12. The van der Waals surface area contributed by atoms with Gasteiger partial charge in [0.1, 0.15) is 6.10 Å². The molecule has 0 N–H and O–H groups in total. The summed E-state index contributed by atoms with van der Waals surface area (Å²) in [5, 5.41) is 0. The molecule has 0 radical (unpaired) electrons. The first-order chi connectivity index (χ1) is 15.7. The highest BCUT2D eigenvalue weighted by Crippen LogP contribution is 2.44. The third kappa shape index (κ3) is 6.53. The summed E-state index contributed by atoms with van der Waals surface area (Å²) < 4.78 is 6.09. The zero-order valence-electron chi connectivity index (χ0n) is 21.4. The van der Waals surface area contributed by atoms with Gasteiger partial charge in [-0.05, 0) is 113 Å². The number of rotatable bonds is 7. The highest BCUT2D eigenvalue weighted by molar-refractivity contribution is 5.72. The Morgan fingerprint density at radius 1 is 0.594 bits per heavy atom. The van der Waals surface area contributed by atoms with Crippen LogP contribution in [0, 0.1) is 41.4 Å². The molecule has 32 heavy (non-hydrogen) atoms. The Morgan fingerprint density at radius 2 is 1.03 bits per heavy atom. The first-order valence-corrected chi connectivity index (χ1v) is 14.9. The van der Waals surface area contributed by atoms with Crippen molar-refractivity contribution < 1.29 is 9.53 Å². The van der Waals surface area contributed by atoms with Crippen LogP contribution in [0.4, 0.5) is 0 Å². The van der Waals surface area contributed by atoms with E-state index in [-0.39, 0.29) is 18.0 Å². The molecule has 0 aromatic heterocycles. The molecule has 2 nitrogen and oxygen atoms in total. The fourth-order valence-corrected chi connectivity index (χ4v) is 8.19. The number of carbonyl (C=O) groups excluding carboxylic acids is 1. The van der Waals surface area contributed by atoms with E-state index in [1.165, 1.54) is 96.3 Å². The Kier molecular flexibility index (Phi) is 9.42. The molecule has 0 aromatic rings. The SMILES string of the molecule is CCCC1CCC(C2CCC(OC(=O)C3CCC(C4CCC(CC)CC4)CC3)CC2)CC1. The van der Waals surface area contributed by atoms with Crippen molar-refractivity contribution in [1.29, 1.82) is 0 Å². The van der Waals surface area contributed by atoms with E-state index < -0.39 is 0 Å². The molecular formula is C30H52O2. The quantitative estimate of drug-likeness (QED) is 0.367. The maximum Gasteiger partial charge on any atom is 0.309 e. The van der Waals surface area contributed by atoms with Crippen molar-refractivity contribution in [3.05, 3.63) is 0 Å². The smallest absolute Gasteiger partial charge is 0.309 e. The van der Waals surface area contributed by atoms with Gasteiger partial charge in [-0.3, -0.25) is 4.79 Å².